The highest BCUT2D eigenvalue weighted by Crippen LogP contribution is 2.17. The largest absolute Gasteiger partial charge is 0.354 e. The van der Waals surface area contributed by atoms with E-state index in [0.29, 0.717) is 6.04 Å². The summed E-state index contributed by atoms with van der Waals surface area (Å²) in [7, 11) is 1.83. The highest BCUT2D eigenvalue weighted by molar-refractivity contribution is 14.0. The normalized spacial score (nSPS) is 16.0. The number of aliphatic imine (C=N–C) groups is 1. The van der Waals surface area contributed by atoms with Crippen molar-refractivity contribution in [2.75, 3.05) is 7.05 Å². The highest BCUT2D eigenvalue weighted by atomic mass is 127. The van der Waals surface area contributed by atoms with Gasteiger partial charge in [-0.15, -0.1) is 24.0 Å². The number of hydrogen-bond donors (Lipinski definition) is 2. The second-order valence-corrected chi connectivity index (χ2v) is 5.59. The van der Waals surface area contributed by atoms with Gasteiger partial charge in [0.05, 0.1) is 0 Å². The fraction of sp³-hybridized carbons (Fsp3) is 0.500. The van der Waals surface area contributed by atoms with Gasteiger partial charge in [0.2, 0.25) is 0 Å². The van der Waals surface area contributed by atoms with E-state index in [1.54, 1.807) is 0 Å². The molecule has 0 amide bonds. The molecule has 1 fully saturated rings. The molecule has 2 N–H and O–H groups in total. The van der Waals surface area contributed by atoms with Crippen molar-refractivity contribution in [3.05, 3.63) is 34.3 Å². The first-order chi connectivity index (χ1) is 8.78. The van der Waals surface area contributed by atoms with Crippen LogP contribution in [0.25, 0.3) is 0 Å². The molecule has 1 saturated carbocycles. The smallest absolute Gasteiger partial charge is 0.191 e. The number of nitrogens with zero attached hydrogens (tertiary/aromatic N) is 1. The fourth-order valence-corrected chi connectivity index (χ4v) is 2.51. The first kappa shape index (κ1) is 16.8. The van der Waals surface area contributed by atoms with Crippen molar-refractivity contribution >= 4 is 45.9 Å². The van der Waals surface area contributed by atoms with E-state index in [1.807, 2.05) is 7.05 Å². The Balaban J connectivity index is 0.00000180. The Morgan fingerprint density at radius 1 is 1.26 bits per heavy atom. The topological polar surface area (TPSA) is 36.4 Å². The maximum Gasteiger partial charge on any atom is 0.191 e. The van der Waals surface area contributed by atoms with E-state index < -0.39 is 0 Å². The minimum atomic E-state index is 0. The SMILES string of the molecule is CN=C(NCc1ccc(Br)cc1)NC1CCCC1.I. The molecule has 0 heterocycles. The van der Waals surface area contributed by atoms with Crippen molar-refractivity contribution in [2.45, 2.75) is 38.3 Å². The zero-order valence-corrected chi connectivity index (χ0v) is 15.1. The zero-order chi connectivity index (χ0) is 12.8. The molecule has 0 unspecified atom stereocenters. The Bertz CT molecular complexity index is 400. The summed E-state index contributed by atoms with van der Waals surface area (Å²) in [6.07, 6.45) is 5.20. The summed E-state index contributed by atoms with van der Waals surface area (Å²) in [4.78, 5) is 4.27. The van der Waals surface area contributed by atoms with Gasteiger partial charge in [0, 0.05) is 24.1 Å². The van der Waals surface area contributed by atoms with Crippen molar-refractivity contribution in [1.82, 2.24) is 10.6 Å². The van der Waals surface area contributed by atoms with Gasteiger partial charge in [-0.1, -0.05) is 40.9 Å². The second-order valence-electron chi connectivity index (χ2n) is 4.68. The summed E-state index contributed by atoms with van der Waals surface area (Å²) in [5, 5.41) is 6.83. The number of halogens is 2. The molecule has 0 bridgehead atoms. The van der Waals surface area contributed by atoms with Crippen LogP contribution in [0.5, 0.6) is 0 Å². The zero-order valence-electron chi connectivity index (χ0n) is 11.2. The van der Waals surface area contributed by atoms with E-state index in [-0.39, 0.29) is 24.0 Å². The monoisotopic (exact) mass is 437 g/mol. The van der Waals surface area contributed by atoms with E-state index in [0.717, 1.165) is 17.0 Å². The molecule has 1 aliphatic carbocycles. The van der Waals surface area contributed by atoms with Gasteiger partial charge in [-0.2, -0.15) is 0 Å². The second kappa shape index (κ2) is 8.79. The third-order valence-electron chi connectivity index (χ3n) is 3.29. The Morgan fingerprint density at radius 3 is 2.47 bits per heavy atom. The molecule has 0 aromatic heterocycles. The third kappa shape index (κ3) is 5.69. The molecular weight excluding hydrogens is 417 g/mol. The Hall–Kier alpha value is -0.300. The Kier molecular flexibility index (Phi) is 7.75. The maximum atomic E-state index is 4.27. The Labute approximate surface area is 140 Å². The van der Waals surface area contributed by atoms with Crippen LogP contribution in [0.4, 0.5) is 0 Å². The molecule has 5 heteroatoms. The van der Waals surface area contributed by atoms with Gasteiger partial charge in [-0.25, -0.2) is 0 Å². The van der Waals surface area contributed by atoms with Crippen molar-refractivity contribution < 1.29 is 0 Å². The van der Waals surface area contributed by atoms with Gasteiger partial charge in [0.25, 0.3) is 0 Å². The molecule has 19 heavy (non-hydrogen) atoms. The minimum Gasteiger partial charge on any atom is -0.354 e. The lowest BCUT2D eigenvalue weighted by atomic mass is 10.2. The minimum absolute atomic E-state index is 0. The Morgan fingerprint density at radius 2 is 1.89 bits per heavy atom. The molecule has 3 nitrogen and oxygen atoms in total. The van der Waals surface area contributed by atoms with Gasteiger partial charge >= 0.3 is 0 Å². The summed E-state index contributed by atoms with van der Waals surface area (Å²) in [6, 6.07) is 8.94. The number of hydrogen-bond acceptors (Lipinski definition) is 1. The molecule has 1 aromatic carbocycles. The van der Waals surface area contributed by atoms with E-state index >= 15 is 0 Å². The van der Waals surface area contributed by atoms with Crippen LogP contribution >= 0.6 is 39.9 Å². The summed E-state index contributed by atoms with van der Waals surface area (Å²) >= 11 is 3.44. The molecule has 0 atom stereocenters. The van der Waals surface area contributed by atoms with Crippen molar-refractivity contribution in [3.63, 3.8) is 0 Å². The molecule has 0 saturated heterocycles. The predicted octanol–water partition coefficient (Wildman–Crippen LogP) is 3.67. The van der Waals surface area contributed by atoms with Crippen LogP contribution in [0.3, 0.4) is 0 Å². The number of rotatable bonds is 3. The van der Waals surface area contributed by atoms with Gasteiger partial charge in [-0.05, 0) is 30.5 Å². The quantitative estimate of drug-likeness (QED) is 0.430. The summed E-state index contributed by atoms with van der Waals surface area (Å²) < 4.78 is 1.11. The van der Waals surface area contributed by atoms with Gasteiger partial charge < -0.3 is 10.6 Å². The predicted molar refractivity (Wildman–Crippen MR) is 95.1 cm³/mol. The van der Waals surface area contributed by atoms with E-state index in [2.05, 4.69) is 55.8 Å². The van der Waals surface area contributed by atoms with E-state index in [4.69, 9.17) is 0 Å². The van der Waals surface area contributed by atoms with Crippen molar-refractivity contribution in [2.24, 2.45) is 4.99 Å². The van der Waals surface area contributed by atoms with Crippen LogP contribution in [0.2, 0.25) is 0 Å². The molecular formula is C14H21BrIN3. The van der Waals surface area contributed by atoms with Crippen LogP contribution < -0.4 is 10.6 Å². The maximum absolute atomic E-state index is 4.27. The van der Waals surface area contributed by atoms with Gasteiger partial charge in [0.1, 0.15) is 0 Å². The molecule has 0 radical (unpaired) electrons. The molecule has 106 valence electrons. The number of nitrogens with one attached hydrogen (secondary N) is 2. The summed E-state index contributed by atoms with van der Waals surface area (Å²) in [5.74, 6) is 0.907. The first-order valence-electron chi connectivity index (χ1n) is 6.49. The number of guanidine groups is 1. The summed E-state index contributed by atoms with van der Waals surface area (Å²) in [5.41, 5.74) is 1.26. The first-order valence-corrected chi connectivity index (χ1v) is 7.29. The van der Waals surface area contributed by atoms with Crippen LogP contribution in [0.15, 0.2) is 33.7 Å². The van der Waals surface area contributed by atoms with E-state index in [9.17, 15) is 0 Å². The number of benzene rings is 1. The van der Waals surface area contributed by atoms with Crippen LogP contribution in [0, 0.1) is 0 Å². The van der Waals surface area contributed by atoms with Gasteiger partial charge in [-0.3, -0.25) is 4.99 Å². The van der Waals surface area contributed by atoms with Crippen LogP contribution in [-0.4, -0.2) is 19.0 Å². The molecule has 0 aliphatic heterocycles. The average molecular weight is 438 g/mol. The molecule has 2 rings (SSSR count). The highest BCUT2D eigenvalue weighted by Gasteiger charge is 2.15. The lowest BCUT2D eigenvalue weighted by molar-refractivity contribution is 0.613. The lowest BCUT2D eigenvalue weighted by Gasteiger charge is -2.16. The van der Waals surface area contributed by atoms with Crippen molar-refractivity contribution in [1.29, 1.82) is 0 Å². The van der Waals surface area contributed by atoms with Crippen molar-refractivity contribution in [3.8, 4) is 0 Å². The van der Waals surface area contributed by atoms with E-state index in [1.165, 1.54) is 31.2 Å². The fourth-order valence-electron chi connectivity index (χ4n) is 2.25. The lowest BCUT2D eigenvalue weighted by Crippen LogP contribution is -2.41. The average Bonchev–Trinajstić information content (AvgIpc) is 2.89. The van der Waals surface area contributed by atoms with Gasteiger partial charge in [0.15, 0.2) is 5.96 Å². The molecule has 1 aliphatic rings. The standard InChI is InChI=1S/C14H20BrN3.HI/c1-16-14(18-13-4-2-3-5-13)17-10-11-6-8-12(15)9-7-11;/h6-9,13H,2-5,10H2,1H3,(H2,16,17,18);1H. The molecule has 1 aromatic rings. The third-order valence-corrected chi connectivity index (χ3v) is 3.82. The summed E-state index contributed by atoms with van der Waals surface area (Å²) in [6.45, 7) is 0.805. The van der Waals surface area contributed by atoms with Crippen LogP contribution in [-0.2, 0) is 6.54 Å². The molecule has 0 spiro atoms. The van der Waals surface area contributed by atoms with Crippen LogP contribution in [0.1, 0.15) is 31.2 Å².